The second-order valence-corrected chi connectivity index (χ2v) is 15.2. The highest BCUT2D eigenvalue weighted by atomic mass is 32.2. The van der Waals surface area contributed by atoms with Crippen molar-refractivity contribution in [3.63, 3.8) is 0 Å². The molecule has 49 heavy (non-hydrogen) atoms. The van der Waals surface area contributed by atoms with Gasteiger partial charge in [0.2, 0.25) is 0 Å². The summed E-state index contributed by atoms with van der Waals surface area (Å²) in [5.74, 6) is 0.537. The van der Waals surface area contributed by atoms with Gasteiger partial charge in [-0.2, -0.15) is 16.8 Å². The zero-order valence-electron chi connectivity index (χ0n) is 27.6. The lowest BCUT2D eigenvalue weighted by molar-refractivity contribution is 0.480. The van der Waals surface area contributed by atoms with Crippen molar-refractivity contribution < 1.29 is 25.2 Å². The number of benzene rings is 6. The van der Waals surface area contributed by atoms with E-state index in [2.05, 4.69) is 24.3 Å². The molecule has 0 heterocycles. The molecule has 0 amide bonds. The van der Waals surface area contributed by atoms with Crippen molar-refractivity contribution in [1.29, 1.82) is 0 Å². The zero-order chi connectivity index (χ0) is 34.8. The second-order valence-electron chi connectivity index (χ2n) is 12.1. The minimum atomic E-state index is -4.08. The number of aryl methyl sites for hydroxylation is 4. The molecule has 6 nitrogen and oxygen atoms in total. The molecule has 0 saturated heterocycles. The molecule has 0 atom stereocenters. The third-order valence-corrected chi connectivity index (χ3v) is 11.1. The molecule has 0 aliphatic carbocycles. The summed E-state index contributed by atoms with van der Waals surface area (Å²) in [4.78, 5) is 0.145. The van der Waals surface area contributed by atoms with Crippen molar-refractivity contribution >= 4 is 20.2 Å². The topological polar surface area (TPSA) is 86.7 Å². The first-order chi connectivity index (χ1) is 23.4. The van der Waals surface area contributed by atoms with Crippen molar-refractivity contribution in [2.45, 2.75) is 42.9 Å². The molecule has 248 valence electrons. The molecule has 0 N–H and O–H groups in total. The van der Waals surface area contributed by atoms with Crippen molar-refractivity contribution in [2.24, 2.45) is 0 Å². The largest absolute Gasteiger partial charge is 0.378 e. The smallest absolute Gasteiger partial charge is 0.339 e. The van der Waals surface area contributed by atoms with Crippen molar-refractivity contribution in [1.82, 2.24) is 0 Å². The lowest BCUT2D eigenvalue weighted by atomic mass is 9.64. The Morgan fingerprint density at radius 1 is 0.388 bits per heavy atom. The van der Waals surface area contributed by atoms with E-state index in [9.17, 15) is 16.8 Å². The molecule has 0 aliphatic heterocycles. The maximum Gasteiger partial charge on any atom is 0.339 e. The summed E-state index contributed by atoms with van der Waals surface area (Å²) >= 11 is 0. The maximum atomic E-state index is 13.3. The van der Waals surface area contributed by atoms with Crippen LogP contribution in [-0.4, -0.2) is 16.8 Å². The Kier molecular flexibility index (Phi) is 9.20. The van der Waals surface area contributed by atoms with Crippen molar-refractivity contribution in [3.05, 3.63) is 190 Å². The van der Waals surface area contributed by atoms with Gasteiger partial charge in [0, 0.05) is 0 Å². The molecule has 0 fully saturated rings. The fourth-order valence-electron chi connectivity index (χ4n) is 6.46. The van der Waals surface area contributed by atoms with Crippen LogP contribution < -0.4 is 8.37 Å². The van der Waals surface area contributed by atoms with Crippen LogP contribution >= 0.6 is 0 Å². The summed E-state index contributed by atoms with van der Waals surface area (Å²) < 4.78 is 64.6. The SMILES string of the molecule is Cc1cc(C(c2ccccc2)(c2ccccc2)c2cc(C)c(OS(=O)(=O)c3ccccc3)c(C)c2)cc(C)c1OS(=O)(=O)c1ccccc1. The van der Waals surface area contributed by atoms with E-state index in [4.69, 9.17) is 8.37 Å². The van der Waals surface area contributed by atoms with Gasteiger partial charge >= 0.3 is 20.2 Å². The van der Waals surface area contributed by atoms with Gasteiger partial charge in [0.05, 0.1) is 5.41 Å². The van der Waals surface area contributed by atoms with Crippen LogP contribution in [0.15, 0.2) is 155 Å². The first-order valence-corrected chi connectivity index (χ1v) is 18.6. The van der Waals surface area contributed by atoms with E-state index >= 15 is 0 Å². The monoisotopic (exact) mass is 688 g/mol. The van der Waals surface area contributed by atoms with Gasteiger partial charge < -0.3 is 8.37 Å². The summed E-state index contributed by atoms with van der Waals surface area (Å²) in [6, 6.07) is 44.2. The highest BCUT2D eigenvalue weighted by Crippen LogP contribution is 2.48. The van der Waals surface area contributed by atoms with Crippen LogP contribution in [-0.2, 0) is 25.7 Å². The number of hydrogen-bond donors (Lipinski definition) is 0. The average molecular weight is 689 g/mol. The maximum absolute atomic E-state index is 13.3. The first kappa shape index (κ1) is 33.7. The molecule has 6 rings (SSSR count). The molecule has 0 aromatic heterocycles. The van der Waals surface area contributed by atoms with E-state index in [1.165, 1.54) is 24.3 Å². The molecule has 6 aromatic carbocycles. The Hall–Kier alpha value is -5.18. The van der Waals surface area contributed by atoms with E-state index < -0.39 is 25.7 Å². The number of hydrogen-bond acceptors (Lipinski definition) is 6. The van der Waals surface area contributed by atoms with Gasteiger partial charge in [-0.1, -0.05) is 121 Å². The van der Waals surface area contributed by atoms with Gasteiger partial charge in [0.15, 0.2) is 0 Å². The van der Waals surface area contributed by atoms with Crippen LogP contribution in [0.4, 0.5) is 0 Å². The standard InChI is InChI=1S/C41H36O6S2/c1-29-25-35(26-30(2)39(29)46-48(42,43)37-21-13-7-14-22-37)41(33-17-9-5-10-18-33,34-19-11-6-12-20-34)36-27-31(3)40(32(4)28-36)47-49(44,45)38-23-15-8-16-24-38/h5-28H,1-4H3. The Labute approximate surface area is 288 Å². The van der Waals surface area contributed by atoms with Gasteiger partial charge in [-0.05, 0) is 96.5 Å². The van der Waals surface area contributed by atoms with Gasteiger partial charge in [0.1, 0.15) is 21.3 Å². The zero-order valence-corrected chi connectivity index (χ0v) is 29.3. The lowest BCUT2D eigenvalue weighted by Crippen LogP contribution is -2.31. The quantitative estimate of drug-likeness (QED) is 0.106. The Bertz CT molecular complexity index is 2110. The van der Waals surface area contributed by atoms with Crippen LogP contribution in [0, 0.1) is 27.7 Å². The molecule has 0 bridgehead atoms. The first-order valence-electron chi connectivity index (χ1n) is 15.8. The van der Waals surface area contributed by atoms with E-state index in [1.807, 2.05) is 88.4 Å². The van der Waals surface area contributed by atoms with Gasteiger partial charge in [0.25, 0.3) is 0 Å². The van der Waals surface area contributed by atoms with Gasteiger partial charge in [-0.3, -0.25) is 0 Å². The highest BCUT2D eigenvalue weighted by molar-refractivity contribution is 7.87. The van der Waals surface area contributed by atoms with Crippen LogP contribution in [0.1, 0.15) is 44.5 Å². The molecule has 0 radical (unpaired) electrons. The third-order valence-electron chi connectivity index (χ3n) is 8.65. The molecule has 8 heteroatoms. The molecule has 6 aromatic rings. The molecular weight excluding hydrogens is 653 g/mol. The molecule has 0 spiro atoms. The van der Waals surface area contributed by atoms with E-state index in [-0.39, 0.29) is 21.3 Å². The Morgan fingerprint density at radius 3 is 0.939 bits per heavy atom. The fourth-order valence-corrected chi connectivity index (χ4v) is 8.60. The van der Waals surface area contributed by atoms with Crippen molar-refractivity contribution in [3.8, 4) is 11.5 Å². The van der Waals surface area contributed by atoms with Gasteiger partial charge in [-0.25, -0.2) is 0 Å². The summed E-state index contributed by atoms with van der Waals surface area (Å²) in [6.07, 6.45) is 0. The van der Waals surface area contributed by atoms with Crippen LogP contribution in [0.25, 0.3) is 0 Å². The van der Waals surface area contributed by atoms with E-state index in [0.717, 1.165) is 22.3 Å². The molecular formula is C41H36O6S2. The minimum absolute atomic E-state index is 0.0725. The van der Waals surface area contributed by atoms with Crippen molar-refractivity contribution in [2.75, 3.05) is 0 Å². The second kappa shape index (κ2) is 13.4. The average Bonchev–Trinajstić information content (AvgIpc) is 3.10. The normalized spacial score (nSPS) is 12.0. The molecule has 0 saturated carbocycles. The van der Waals surface area contributed by atoms with Crippen LogP contribution in [0.2, 0.25) is 0 Å². The van der Waals surface area contributed by atoms with E-state index in [1.54, 1.807) is 36.4 Å². The Morgan fingerprint density at radius 2 is 0.653 bits per heavy atom. The number of rotatable bonds is 10. The summed E-state index contributed by atoms with van der Waals surface area (Å²) in [5, 5.41) is 0. The lowest BCUT2D eigenvalue weighted by Gasteiger charge is -2.38. The molecule has 0 unspecified atom stereocenters. The summed E-state index contributed by atoms with van der Waals surface area (Å²) in [5.41, 5.74) is 5.39. The predicted octanol–water partition coefficient (Wildman–Crippen LogP) is 8.84. The molecule has 0 aliphatic rings. The fraction of sp³-hybridized carbons (Fsp3) is 0.122. The van der Waals surface area contributed by atoms with E-state index in [0.29, 0.717) is 22.3 Å². The summed E-state index contributed by atoms with van der Waals surface area (Å²) in [6.45, 7) is 7.37. The Balaban J connectivity index is 1.57. The predicted molar refractivity (Wildman–Crippen MR) is 192 cm³/mol. The highest BCUT2D eigenvalue weighted by Gasteiger charge is 2.40. The van der Waals surface area contributed by atoms with Gasteiger partial charge in [-0.15, -0.1) is 0 Å². The van der Waals surface area contributed by atoms with Crippen LogP contribution in [0.5, 0.6) is 11.5 Å². The third kappa shape index (κ3) is 6.49. The summed E-state index contributed by atoms with van der Waals surface area (Å²) in [7, 11) is -8.15. The van der Waals surface area contributed by atoms with Crippen LogP contribution in [0.3, 0.4) is 0 Å². The minimum Gasteiger partial charge on any atom is -0.378 e.